The summed E-state index contributed by atoms with van der Waals surface area (Å²) in [6, 6.07) is 0. The number of hydrogen-bond acceptors (Lipinski definition) is 6. The predicted molar refractivity (Wildman–Crippen MR) is 102 cm³/mol. The van der Waals surface area contributed by atoms with Crippen molar-refractivity contribution in [3.63, 3.8) is 0 Å². The first-order valence-electron chi connectivity index (χ1n) is 9.52. The lowest BCUT2D eigenvalue weighted by Crippen LogP contribution is -2.27. The Morgan fingerprint density at radius 2 is 2.26 bits per heavy atom. The number of sulfone groups is 1. The molecule has 3 heterocycles. The smallest absolute Gasteiger partial charge is 0.227 e. The number of nitrogens with zero attached hydrogens (tertiary/aromatic N) is 5. The number of ether oxygens (including phenoxy) is 1. The lowest BCUT2D eigenvalue weighted by molar-refractivity contribution is 0.0934. The van der Waals surface area contributed by atoms with Crippen molar-refractivity contribution in [2.75, 3.05) is 26.0 Å². The van der Waals surface area contributed by atoms with Crippen molar-refractivity contribution in [3.8, 4) is 0 Å². The van der Waals surface area contributed by atoms with E-state index in [-0.39, 0.29) is 17.0 Å². The Morgan fingerprint density at radius 1 is 1.41 bits per heavy atom. The zero-order chi connectivity index (χ0) is 19.3. The van der Waals surface area contributed by atoms with Gasteiger partial charge < -0.3 is 13.9 Å². The van der Waals surface area contributed by atoms with E-state index >= 15 is 0 Å². The molecular weight excluding hydrogens is 366 g/mol. The van der Waals surface area contributed by atoms with Crippen LogP contribution in [0.2, 0.25) is 0 Å². The number of aromatic nitrogens is 4. The molecule has 8 nitrogen and oxygen atoms in total. The largest absolute Gasteiger partial charge is 0.376 e. The van der Waals surface area contributed by atoms with Crippen LogP contribution >= 0.6 is 0 Å². The van der Waals surface area contributed by atoms with Gasteiger partial charge in [-0.15, -0.1) is 0 Å². The van der Waals surface area contributed by atoms with Crippen molar-refractivity contribution in [3.05, 3.63) is 30.6 Å². The molecule has 0 amide bonds. The van der Waals surface area contributed by atoms with E-state index < -0.39 is 9.84 Å². The highest BCUT2D eigenvalue weighted by Gasteiger charge is 2.26. The lowest BCUT2D eigenvalue weighted by atomic mass is 10.2. The van der Waals surface area contributed by atoms with Crippen LogP contribution in [0.25, 0.3) is 0 Å². The van der Waals surface area contributed by atoms with Gasteiger partial charge in [0.25, 0.3) is 0 Å². The highest BCUT2D eigenvalue weighted by Crippen LogP contribution is 2.20. The van der Waals surface area contributed by atoms with Crippen LogP contribution < -0.4 is 0 Å². The van der Waals surface area contributed by atoms with Crippen molar-refractivity contribution in [1.82, 2.24) is 24.0 Å². The zero-order valence-electron chi connectivity index (χ0n) is 16.1. The van der Waals surface area contributed by atoms with Crippen LogP contribution in [-0.2, 0) is 34.2 Å². The molecule has 0 aliphatic carbocycles. The molecule has 1 unspecified atom stereocenters. The first-order valence-corrected chi connectivity index (χ1v) is 11.2. The molecule has 9 heteroatoms. The van der Waals surface area contributed by atoms with Crippen molar-refractivity contribution in [2.24, 2.45) is 0 Å². The molecule has 0 N–H and O–H groups in total. The molecule has 0 bridgehead atoms. The van der Waals surface area contributed by atoms with Crippen molar-refractivity contribution in [2.45, 2.75) is 57.1 Å². The maximum absolute atomic E-state index is 12.7. The average molecular weight is 396 g/mol. The third-order valence-corrected chi connectivity index (χ3v) is 6.62. The van der Waals surface area contributed by atoms with Crippen LogP contribution in [0.4, 0.5) is 0 Å². The fourth-order valence-corrected chi connectivity index (χ4v) is 4.84. The molecule has 1 atom stereocenters. The molecule has 1 aliphatic heterocycles. The van der Waals surface area contributed by atoms with Crippen LogP contribution in [0.5, 0.6) is 0 Å². The fraction of sp³-hybridized carbons (Fsp3) is 0.667. The molecule has 2 aromatic rings. The number of likely N-dealkylation sites (N-methyl/N-ethyl adjacent to an activating group) is 1. The second kappa shape index (κ2) is 8.99. The minimum atomic E-state index is -3.38. The summed E-state index contributed by atoms with van der Waals surface area (Å²) in [5.41, 5.74) is 0.910. The van der Waals surface area contributed by atoms with Crippen molar-refractivity contribution in [1.29, 1.82) is 0 Å². The number of hydrogen-bond donors (Lipinski definition) is 0. The molecule has 150 valence electrons. The SMILES string of the molecule is CCCS(=O)(=O)c1ncc(CN(C)CCn2ccnc2)n1CC1CCCO1. The highest BCUT2D eigenvalue weighted by molar-refractivity contribution is 7.91. The standard InChI is InChI=1S/C18H29N5O3S/c1-3-11-27(24,25)18-20-12-16(23(18)14-17-5-4-10-26-17)13-21(2)8-9-22-7-6-19-15-22/h6-7,12,15,17H,3-5,8-11,13-14H2,1-2H3. The molecule has 0 spiro atoms. The van der Waals surface area contributed by atoms with Gasteiger partial charge in [0.05, 0.1) is 36.6 Å². The summed E-state index contributed by atoms with van der Waals surface area (Å²) in [4.78, 5) is 10.5. The van der Waals surface area contributed by atoms with Gasteiger partial charge in [0.2, 0.25) is 15.0 Å². The summed E-state index contributed by atoms with van der Waals surface area (Å²) in [5, 5.41) is 0.179. The first kappa shape index (κ1) is 20.0. The third kappa shape index (κ3) is 5.18. The van der Waals surface area contributed by atoms with Crippen LogP contribution in [0.3, 0.4) is 0 Å². The van der Waals surface area contributed by atoms with E-state index in [1.807, 2.05) is 29.3 Å². The normalized spacial score (nSPS) is 17.8. The molecule has 3 rings (SSSR count). The number of imidazole rings is 2. The van der Waals surface area contributed by atoms with E-state index in [1.165, 1.54) is 0 Å². The van der Waals surface area contributed by atoms with Gasteiger partial charge in [0, 0.05) is 38.6 Å². The third-order valence-electron chi connectivity index (χ3n) is 4.79. The molecule has 0 aromatic carbocycles. The van der Waals surface area contributed by atoms with Gasteiger partial charge in [-0.1, -0.05) is 6.92 Å². The summed E-state index contributed by atoms with van der Waals surface area (Å²) in [6.07, 6.45) is 9.82. The van der Waals surface area contributed by atoms with Crippen LogP contribution in [0, 0.1) is 0 Å². The fourth-order valence-electron chi connectivity index (χ4n) is 3.37. The average Bonchev–Trinajstić information content (AvgIpc) is 3.36. The summed E-state index contributed by atoms with van der Waals surface area (Å²) in [5.74, 6) is 0.117. The molecule has 27 heavy (non-hydrogen) atoms. The summed E-state index contributed by atoms with van der Waals surface area (Å²) < 4.78 is 34.9. The molecular formula is C18H29N5O3S. The van der Waals surface area contributed by atoms with Gasteiger partial charge in [-0.05, 0) is 26.3 Å². The summed E-state index contributed by atoms with van der Waals surface area (Å²) >= 11 is 0. The van der Waals surface area contributed by atoms with Gasteiger partial charge in [0.15, 0.2) is 0 Å². The summed E-state index contributed by atoms with van der Waals surface area (Å²) in [7, 11) is -1.35. The molecule has 0 radical (unpaired) electrons. The van der Waals surface area contributed by atoms with Crippen molar-refractivity contribution >= 4 is 9.84 Å². The Hall–Kier alpha value is -1.71. The molecule has 2 aromatic heterocycles. The minimum Gasteiger partial charge on any atom is -0.376 e. The van der Waals surface area contributed by atoms with Crippen LogP contribution in [0.1, 0.15) is 31.9 Å². The van der Waals surface area contributed by atoms with Gasteiger partial charge in [-0.3, -0.25) is 4.90 Å². The Labute approximate surface area is 161 Å². The maximum Gasteiger partial charge on any atom is 0.227 e. The Bertz CT molecular complexity index is 810. The first-order chi connectivity index (χ1) is 13.0. The predicted octanol–water partition coefficient (Wildman–Crippen LogP) is 1.57. The molecule has 1 saturated heterocycles. The van der Waals surface area contributed by atoms with E-state index in [1.54, 1.807) is 18.7 Å². The van der Waals surface area contributed by atoms with E-state index in [9.17, 15) is 8.42 Å². The second-order valence-corrected chi connectivity index (χ2v) is 9.14. The van der Waals surface area contributed by atoms with Gasteiger partial charge >= 0.3 is 0 Å². The van der Waals surface area contributed by atoms with Gasteiger partial charge in [-0.25, -0.2) is 18.4 Å². The zero-order valence-corrected chi connectivity index (χ0v) is 16.9. The minimum absolute atomic E-state index is 0.0600. The Kier molecular flexibility index (Phi) is 6.67. The van der Waals surface area contributed by atoms with Crippen LogP contribution in [0.15, 0.2) is 30.1 Å². The van der Waals surface area contributed by atoms with Crippen LogP contribution in [-0.4, -0.2) is 64.5 Å². The topological polar surface area (TPSA) is 82.3 Å². The molecule has 1 aliphatic rings. The highest BCUT2D eigenvalue weighted by atomic mass is 32.2. The van der Waals surface area contributed by atoms with Gasteiger partial charge in [0.1, 0.15) is 0 Å². The summed E-state index contributed by atoms with van der Waals surface area (Å²) in [6.45, 7) is 5.46. The van der Waals surface area contributed by atoms with Crippen molar-refractivity contribution < 1.29 is 13.2 Å². The number of rotatable bonds is 10. The van der Waals surface area contributed by atoms with E-state index in [4.69, 9.17) is 4.74 Å². The lowest BCUT2D eigenvalue weighted by Gasteiger charge is -2.20. The molecule has 0 saturated carbocycles. The molecule has 1 fully saturated rings. The Balaban J connectivity index is 1.75. The quantitative estimate of drug-likeness (QED) is 0.607. The Morgan fingerprint density at radius 3 is 2.93 bits per heavy atom. The maximum atomic E-state index is 12.7. The van der Waals surface area contributed by atoms with E-state index in [0.717, 1.165) is 38.2 Å². The monoisotopic (exact) mass is 395 g/mol. The second-order valence-electron chi connectivity index (χ2n) is 7.13. The van der Waals surface area contributed by atoms with E-state index in [0.29, 0.717) is 19.5 Å². The van der Waals surface area contributed by atoms with Gasteiger partial charge in [-0.2, -0.15) is 0 Å². The van der Waals surface area contributed by atoms with E-state index in [2.05, 4.69) is 14.9 Å².